The van der Waals surface area contributed by atoms with Crippen molar-refractivity contribution in [1.82, 2.24) is 9.88 Å². The molecule has 2 amide bonds. The van der Waals surface area contributed by atoms with E-state index in [0.717, 1.165) is 17.5 Å². The number of carbonyl (C=O) groups is 2. The van der Waals surface area contributed by atoms with E-state index in [4.69, 9.17) is 11.6 Å². The first kappa shape index (κ1) is 17.9. The molecule has 0 aliphatic carbocycles. The summed E-state index contributed by atoms with van der Waals surface area (Å²) in [5, 5.41) is 3.27. The SMILES string of the molecule is Cc1ccc(Cl)cc1NC(=O)CC(=O)N(C)CCc1ccncc1. The molecule has 2 rings (SSSR count). The van der Waals surface area contributed by atoms with Gasteiger partial charge in [-0.25, -0.2) is 0 Å². The molecule has 1 aromatic heterocycles. The van der Waals surface area contributed by atoms with Crippen LogP contribution >= 0.6 is 11.6 Å². The fourth-order valence-corrected chi connectivity index (χ4v) is 2.34. The molecule has 5 nitrogen and oxygen atoms in total. The van der Waals surface area contributed by atoms with Crippen molar-refractivity contribution < 1.29 is 9.59 Å². The van der Waals surface area contributed by atoms with E-state index in [1.165, 1.54) is 0 Å². The minimum absolute atomic E-state index is 0.196. The highest BCUT2D eigenvalue weighted by Crippen LogP contribution is 2.20. The van der Waals surface area contributed by atoms with Crippen LogP contribution in [0, 0.1) is 6.92 Å². The van der Waals surface area contributed by atoms with Crippen LogP contribution in [0.5, 0.6) is 0 Å². The smallest absolute Gasteiger partial charge is 0.233 e. The number of nitrogens with zero attached hydrogens (tertiary/aromatic N) is 2. The van der Waals surface area contributed by atoms with Crippen molar-refractivity contribution in [3.8, 4) is 0 Å². The molecule has 0 fully saturated rings. The van der Waals surface area contributed by atoms with Crippen molar-refractivity contribution in [2.24, 2.45) is 0 Å². The van der Waals surface area contributed by atoms with Gasteiger partial charge in [0.05, 0.1) is 0 Å². The maximum Gasteiger partial charge on any atom is 0.233 e. The topological polar surface area (TPSA) is 62.3 Å². The highest BCUT2D eigenvalue weighted by molar-refractivity contribution is 6.31. The standard InChI is InChI=1S/C18H20ClN3O2/c1-13-3-4-15(19)11-16(13)21-17(23)12-18(24)22(2)10-7-14-5-8-20-9-6-14/h3-6,8-9,11H,7,10,12H2,1-2H3,(H,21,23). The van der Waals surface area contributed by atoms with E-state index in [0.29, 0.717) is 17.3 Å². The summed E-state index contributed by atoms with van der Waals surface area (Å²) in [7, 11) is 1.70. The average Bonchev–Trinajstić information content (AvgIpc) is 2.56. The van der Waals surface area contributed by atoms with Crippen molar-refractivity contribution in [3.63, 3.8) is 0 Å². The quantitative estimate of drug-likeness (QED) is 0.818. The second kappa shape index (κ2) is 8.45. The predicted molar refractivity (Wildman–Crippen MR) is 95.0 cm³/mol. The number of nitrogens with one attached hydrogen (secondary N) is 1. The number of benzene rings is 1. The predicted octanol–water partition coefficient (Wildman–Crippen LogP) is 3.07. The molecule has 0 aliphatic rings. The Morgan fingerprint density at radius 1 is 1.21 bits per heavy atom. The lowest BCUT2D eigenvalue weighted by atomic mass is 10.2. The van der Waals surface area contributed by atoms with Crippen LogP contribution in [0.3, 0.4) is 0 Å². The first-order valence-corrected chi connectivity index (χ1v) is 8.02. The zero-order chi connectivity index (χ0) is 17.5. The van der Waals surface area contributed by atoms with Crippen LogP contribution < -0.4 is 5.32 Å². The van der Waals surface area contributed by atoms with E-state index in [2.05, 4.69) is 10.3 Å². The molecule has 6 heteroatoms. The molecule has 126 valence electrons. The molecule has 0 saturated heterocycles. The molecule has 1 aromatic carbocycles. The molecule has 1 N–H and O–H groups in total. The zero-order valence-electron chi connectivity index (χ0n) is 13.8. The number of pyridine rings is 1. The summed E-state index contributed by atoms with van der Waals surface area (Å²) >= 11 is 5.93. The molecule has 0 unspecified atom stereocenters. The van der Waals surface area contributed by atoms with Crippen LogP contribution in [0.25, 0.3) is 0 Å². The molecule has 0 spiro atoms. The number of carbonyl (C=O) groups excluding carboxylic acids is 2. The van der Waals surface area contributed by atoms with Gasteiger partial charge in [-0.15, -0.1) is 0 Å². The molecule has 1 heterocycles. The number of anilines is 1. The van der Waals surface area contributed by atoms with Gasteiger partial charge in [-0.1, -0.05) is 17.7 Å². The van der Waals surface area contributed by atoms with Gasteiger partial charge in [-0.3, -0.25) is 14.6 Å². The zero-order valence-corrected chi connectivity index (χ0v) is 14.5. The lowest BCUT2D eigenvalue weighted by Gasteiger charge is -2.17. The van der Waals surface area contributed by atoms with Gasteiger partial charge in [-0.2, -0.15) is 0 Å². The van der Waals surface area contributed by atoms with Crippen LogP contribution in [-0.4, -0.2) is 35.3 Å². The van der Waals surface area contributed by atoms with Crippen molar-refractivity contribution >= 4 is 29.1 Å². The maximum absolute atomic E-state index is 12.1. The van der Waals surface area contributed by atoms with Crippen LogP contribution in [-0.2, 0) is 16.0 Å². The molecule has 0 bridgehead atoms. The number of likely N-dealkylation sites (N-methyl/N-ethyl adjacent to an activating group) is 1. The average molecular weight is 346 g/mol. The van der Waals surface area contributed by atoms with E-state index in [1.54, 1.807) is 36.5 Å². The number of hydrogen-bond donors (Lipinski definition) is 1. The Morgan fingerprint density at radius 2 is 1.92 bits per heavy atom. The molecule has 0 atom stereocenters. The van der Waals surface area contributed by atoms with Gasteiger partial charge in [-0.05, 0) is 48.7 Å². The highest BCUT2D eigenvalue weighted by Gasteiger charge is 2.15. The minimum Gasteiger partial charge on any atom is -0.345 e. The minimum atomic E-state index is -0.346. The summed E-state index contributed by atoms with van der Waals surface area (Å²) in [5.41, 5.74) is 2.62. The van der Waals surface area contributed by atoms with E-state index < -0.39 is 0 Å². The van der Waals surface area contributed by atoms with Crippen LogP contribution in [0.2, 0.25) is 5.02 Å². The molecule has 0 saturated carbocycles. The maximum atomic E-state index is 12.1. The van der Waals surface area contributed by atoms with Gasteiger partial charge < -0.3 is 10.2 Å². The fraction of sp³-hybridized carbons (Fsp3) is 0.278. The third-order valence-corrected chi connectivity index (χ3v) is 3.93. The summed E-state index contributed by atoms with van der Waals surface area (Å²) < 4.78 is 0. The van der Waals surface area contributed by atoms with Crippen LogP contribution in [0.4, 0.5) is 5.69 Å². The summed E-state index contributed by atoms with van der Waals surface area (Å²) in [5.74, 6) is -0.567. The fourth-order valence-electron chi connectivity index (χ4n) is 2.17. The molecular formula is C18H20ClN3O2. The lowest BCUT2D eigenvalue weighted by molar-refractivity contribution is -0.133. The lowest BCUT2D eigenvalue weighted by Crippen LogP contribution is -2.32. The number of aromatic nitrogens is 1. The first-order chi connectivity index (χ1) is 11.5. The van der Waals surface area contributed by atoms with Gasteiger partial charge in [0, 0.05) is 36.7 Å². The first-order valence-electron chi connectivity index (χ1n) is 7.64. The number of halogens is 1. The summed E-state index contributed by atoms with van der Waals surface area (Å²) in [6.07, 6.45) is 3.97. The summed E-state index contributed by atoms with van der Waals surface area (Å²) in [6, 6.07) is 9.07. The summed E-state index contributed by atoms with van der Waals surface area (Å²) in [4.78, 5) is 29.7. The van der Waals surface area contributed by atoms with Gasteiger partial charge in [0.25, 0.3) is 0 Å². The van der Waals surface area contributed by atoms with Gasteiger partial charge in [0.1, 0.15) is 6.42 Å². The van der Waals surface area contributed by atoms with Gasteiger partial charge >= 0.3 is 0 Å². The Morgan fingerprint density at radius 3 is 2.62 bits per heavy atom. The van der Waals surface area contributed by atoms with Crippen LogP contribution in [0.15, 0.2) is 42.7 Å². The monoisotopic (exact) mass is 345 g/mol. The molecule has 0 radical (unpaired) electrons. The van der Waals surface area contributed by atoms with E-state index in [1.807, 2.05) is 25.1 Å². The Bertz CT molecular complexity index is 719. The van der Waals surface area contributed by atoms with Gasteiger partial charge in [0.2, 0.25) is 11.8 Å². The Labute approximate surface area is 146 Å². The van der Waals surface area contributed by atoms with Crippen LogP contribution in [0.1, 0.15) is 17.5 Å². The van der Waals surface area contributed by atoms with Crippen molar-refractivity contribution in [2.45, 2.75) is 19.8 Å². The molecule has 24 heavy (non-hydrogen) atoms. The second-order valence-corrected chi connectivity index (χ2v) is 6.04. The third kappa shape index (κ3) is 5.35. The van der Waals surface area contributed by atoms with Crippen molar-refractivity contribution in [3.05, 3.63) is 58.9 Å². The van der Waals surface area contributed by atoms with Gasteiger partial charge in [0.15, 0.2) is 0 Å². The Kier molecular flexibility index (Phi) is 6.32. The van der Waals surface area contributed by atoms with Crippen molar-refractivity contribution in [2.75, 3.05) is 18.9 Å². The number of rotatable bonds is 6. The van der Waals surface area contributed by atoms with E-state index in [9.17, 15) is 9.59 Å². The molecule has 0 aliphatic heterocycles. The van der Waals surface area contributed by atoms with E-state index in [-0.39, 0.29) is 18.2 Å². The number of amides is 2. The molecular weight excluding hydrogens is 326 g/mol. The van der Waals surface area contributed by atoms with Crippen molar-refractivity contribution in [1.29, 1.82) is 0 Å². The second-order valence-electron chi connectivity index (χ2n) is 5.60. The number of hydrogen-bond acceptors (Lipinski definition) is 3. The normalized spacial score (nSPS) is 10.3. The summed E-state index contributed by atoms with van der Waals surface area (Å²) in [6.45, 7) is 2.42. The number of aryl methyl sites for hydroxylation is 1. The Hall–Kier alpha value is -2.40. The third-order valence-electron chi connectivity index (χ3n) is 3.70. The highest BCUT2D eigenvalue weighted by atomic mass is 35.5. The molecule has 2 aromatic rings. The Balaban J connectivity index is 1.84. The van der Waals surface area contributed by atoms with E-state index >= 15 is 0 Å². The largest absolute Gasteiger partial charge is 0.345 e.